The van der Waals surface area contributed by atoms with Crippen LogP contribution in [0.3, 0.4) is 0 Å². The number of hydrogen-bond acceptors (Lipinski definition) is 2. The Kier molecular flexibility index (Phi) is 3.72. The highest BCUT2D eigenvalue weighted by Crippen LogP contribution is 2.21. The molecule has 3 nitrogen and oxygen atoms in total. The minimum absolute atomic E-state index is 0.288. The van der Waals surface area contributed by atoms with Gasteiger partial charge in [-0.05, 0) is 52.7 Å². The van der Waals surface area contributed by atoms with Gasteiger partial charge in [0.1, 0.15) is 5.82 Å². The summed E-state index contributed by atoms with van der Waals surface area (Å²) in [5, 5.41) is 2.69. The van der Waals surface area contributed by atoms with E-state index in [0.717, 1.165) is 0 Å². The van der Waals surface area contributed by atoms with Crippen molar-refractivity contribution in [3.8, 4) is 0 Å². The Morgan fingerprint density at radius 3 is 2.83 bits per heavy atom. The third-order valence-electron chi connectivity index (χ3n) is 2.32. The van der Waals surface area contributed by atoms with Crippen molar-refractivity contribution in [2.45, 2.75) is 6.92 Å². The van der Waals surface area contributed by atoms with E-state index in [9.17, 15) is 9.18 Å². The molecule has 0 aliphatic heterocycles. The van der Waals surface area contributed by atoms with Gasteiger partial charge in [0.15, 0.2) is 0 Å². The first-order valence-corrected chi connectivity index (χ1v) is 6.03. The van der Waals surface area contributed by atoms with Crippen molar-refractivity contribution in [2.75, 3.05) is 5.32 Å². The molecule has 92 valence electrons. The van der Waals surface area contributed by atoms with Gasteiger partial charge in [-0.3, -0.25) is 9.78 Å². The molecule has 0 aliphatic rings. The van der Waals surface area contributed by atoms with Gasteiger partial charge in [0.2, 0.25) is 0 Å². The lowest BCUT2D eigenvalue weighted by molar-refractivity contribution is 0.102. The number of pyridine rings is 1. The quantitative estimate of drug-likeness (QED) is 0.922. The number of anilines is 1. The molecule has 1 aromatic heterocycles. The zero-order valence-corrected chi connectivity index (χ0v) is 11.2. The highest BCUT2D eigenvalue weighted by molar-refractivity contribution is 9.10. The Balaban J connectivity index is 2.25. The van der Waals surface area contributed by atoms with Crippen LogP contribution < -0.4 is 5.32 Å². The van der Waals surface area contributed by atoms with Crippen molar-refractivity contribution < 1.29 is 9.18 Å². The molecule has 0 radical (unpaired) electrons. The number of halogens is 2. The van der Waals surface area contributed by atoms with Crippen molar-refractivity contribution in [1.82, 2.24) is 4.98 Å². The minimum Gasteiger partial charge on any atom is -0.321 e. The number of hydrogen-bond donors (Lipinski definition) is 1. The molecule has 5 heteroatoms. The number of carbonyl (C=O) groups excluding carboxylic acids is 1. The maximum atomic E-state index is 13.2. The number of rotatable bonds is 2. The van der Waals surface area contributed by atoms with Crippen LogP contribution >= 0.6 is 15.9 Å². The molecule has 1 amide bonds. The summed E-state index contributed by atoms with van der Waals surface area (Å²) in [6, 6.07) is 5.87. The molecule has 18 heavy (non-hydrogen) atoms. The predicted molar refractivity (Wildman–Crippen MR) is 71.0 cm³/mol. The average molecular weight is 309 g/mol. The summed E-state index contributed by atoms with van der Waals surface area (Å²) in [4.78, 5) is 15.8. The van der Waals surface area contributed by atoms with Crippen molar-refractivity contribution in [1.29, 1.82) is 0 Å². The molecule has 2 rings (SSSR count). The van der Waals surface area contributed by atoms with Crippen LogP contribution in [0.15, 0.2) is 41.1 Å². The van der Waals surface area contributed by atoms with Crippen LogP contribution in [0.2, 0.25) is 0 Å². The van der Waals surface area contributed by atoms with Crippen LogP contribution in [0.5, 0.6) is 0 Å². The molecular weight excluding hydrogens is 299 g/mol. The van der Waals surface area contributed by atoms with Crippen molar-refractivity contribution in [3.05, 3.63) is 58.1 Å². The summed E-state index contributed by atoms with van der Waals surface area (Å²) in [6.45, 7) is 1.74. The lowest BCUT2D eigenvalue weighted by Crippen LogP contribution is -2.12. The first-order valence-electron chi connectivity index (χ1n) is 5.24. The standard InChI is InChI=1S/C13H10BrFN2O/c1-8-4-9(6-10(15)5-8)13(18)17-12-2-3-16-7-11(12)14/h2-7H,1H3,(H,16,17,18). The molecule has 2 aromatic rings. The smallest absolute Gasteiger partial charge is 0.255 e. The van der Waals surface area contributed by atoms with E-state index < -0.39 is 5.82 Å². The number of aromatic nitrogens is 1. The summed E-state index contributed by atoms with van der Waals surface area (Å²) in [5.74, 6) is -0.779. The van der Waals surface area contributed by atoms with Crippen LogP contribution in [0, 0.1) is 12.7 Å². The summed E-state index contributed by atoms with van der Waals surface area (Å²) in [5.41, 5.74) is 1.59. The Morgan fingerprint density at radius 1 is 1.39 bits per heavy atom. The number of benzene rings is 1. The summed E-state index contributed by atoms with van der Waals surface area (Å²) < 4.78 is 13.9. The van der Waals surface area contributed by atoms with E-state index in [1.807, 2.05) is 0 Å². The Labute approximate surface area is 112 Å². The summed E-state index contributed by atoms with van der Waals surface area (Å²) in [6.07, 6.45) is 3.14. The summed E-state index contributed by atoms with van der Waals surface area (Å²) >= 11 is 3.27. The monoisotopic (exact) mass is 308 g/mol. The van der Waals surface area contributed by atoms with Gasteiger partial charge >= 0.3 is 0 Å². The van der Waals surface area contributed by atoms with E-state index in [4.69, 9.17) is 0 Å². The maximum absolute atomic E-state index is 13.2. The topological polar surface area (TPSA) is 42.0 Å². The van der Waals surface area contributed by atoms with E-state index in [-0.39, 0.29) is 11.5 Å². The number of carbonyl (C=O) groups is 1. The first-order chi connectivity index (χ1) is 8.56. The normalized spacial score (nSPS) is 10.2. The van der Waals surface area contributed by atoms with Gasteiger partial charge in [-0.2, -0.15) is 0 Å². The number of nitrogens with zero attached hydrogens (tertiary/aromatic N) is 1. The van der Waals surface area contributed by atoms with E-state index in [0.29, 0.717) is 15.7 Å². The fraction of sp³-hybridized carbons (Fsp3) is 0.0769. The lowest BCUT2D eigenvalue weighted by atomic mass is 10.1. The zero-order chi connectivity index (χ0) is 13.1. The minimum atomic E-state index is -0.422. The second kappa shape index (κ2) is 5.27. The Hall–Kier alpha value is -1.75. The largest absolute Gasteiger partial charge is 0.321 e. The maximum Gasteiger partial charge on any atom is 0.255 e. The van der Waals surface area contributed by atoms with Gasteiger partial charge in [-0.25, -0.2) is 4.39 Å². The van der Waals surface area contributed by atoms with Gasteiger partial charge in [-0.1, -0.05) is 0 Å². The molecule has 0 aliphatic carbocycles. The van der Waals surface area contributed by atoms with Gasteiger partial charge in [0.05, 0.1) is 10.2 Å². The molecule has 0 fully saturated rings. The predicted octanol–water partition coefficient (Wildman–Crippen LogP) is 3.54. The molecule has 0 saturated heterocycles. The first kappa shape index (κ1) is 12.7. The van der Waals surface area contributed by atoms with Crippen LogP contribution in [0.4, 0.5) is 10.1 Å². The molecule has 0 bridgehead atoms. The van der Waals surface area contributed by atoms with Crippen LogP contribution in [0.1, 0.15) is 15.9 Å². The Morgan fingerprint density at radius 2 is 2.17 bits per heavy atom. The molecule has 0 saturated carbocycles. The molecular formula is C13H10BrFN2O. The van der Waals surface area contributed by atoms with Gasteiger partial charge < -0.3 is 5.32 Å². The molecule has 1 aromatic carbocycles. The third kappa shape index (κ3) is 2.92. The van der Waals surface area contributed by atoms with E-state index >= 15 is 0 Å². The van der Waals surface area contributed by atoms with Crippen molar-refractivity contribution in [2.24, 2.45) is 0 Å². The van der Waals surface area contributed by atoms with Gasteiger partial charge in [-0.15, -0.1) is 0 Å². The molecule has 1 heterocycles. The zero-order valence-electron chi connectivity index (χ0n) is 9.58. The second-order valence-corrected chi connectivity index (χ2v) is 4.68. The fourth-order valence-corrected chi connectivity index (χ4v) is 1.89. The van der Waals surface area contributed by atoms with E-state index in [2.05, 4.69) is 26.2 Å². The Bertz CT molecular complexity index is 581. The third-order valence-corrected chi connectivity index (χ3v) is 2.96. The average Bonchev–Trinajstić information content (AvgIpc) is 2.31. The van der Waals surface area contributed by atoms with E-state index in [1.54, 1.807) is 31.5 Å². The highest BCUT2D eigenvalue weighted by atomic mass is 79.9. The number of aryl methyl sites for hydroxylation is 1. The van der Waals surface area contributed by atoms with Crippen molar-refractivity contribution >= 4 is 27.5 Å². The highest BCUT2D eigenvalue weighted by Gasteiger charge is 2.09. The SMILES string of the molecule is Cc1cc(F)cc(C(=O)Nc2ccncc2Br)c1. The van der Waals surface area contributed by atoms with Crippen LogP contribution in [0.25, 0.3) is 0 Å². The molecule has 0 unspecified atom stereocenters. The van der Waals surface area contributed by atoms with Crippen LogP contribution in [-0.2, 0) is 0 Å². The molecule has 0 atom stereocenters. The molecule has 1 N–H and O–H groups in total. The second-order valence-electron chi connectivity index (χ2n) is 3.83. The van der Waals surface area contributed by atoms with Gasteiger partial charge in [0.25, 0.3) is 5.91 Å². The fourth-order valence-electron chi connectivity index (χ4n) is 1.54. The van der Waals surface area contributed by atoms with Crippen LogP contribution in [-0.4, -0.2) is 10.9 Å². The number of amides is 1. The van der Waals surface area contributed by atoms with Crippen molar-refractivity contribution in [3.63, 3.8) is 0 Å². The molecule has 0 spiro atoms. The van der Waals surface area contributed by atoms with Gasteiger partial charge in [0, 0.05) is 18.0 Å². The van der Waals surface area contributed by atoms with E-state index in [1.165, 1.54) is 12.1 Å². The number of nitrogens with one attached hydrogen (secondary N) is 1. The summed E-state index contributed by atoms with van der Waals surface area (Å²) in [7, 11) is 0. The lowest BCUT2D eigenvalue weighted by Gasteiger charge is -2.07.